The van der Waals surface area contributed by atoms with E-state index < -0.39 is 0 Å². The summed E-state index contributed by atoms with van der Waals surface area (Å²) < 4.78 is 11.1. The fourth-order valence-electron chi connectivity index (χ4n) is 3.78. The molecule has 0 aromatic heterocycles. The predicted octanol–water partition coefficient (Wildman–Crippen LogP) is 5.10. The molecule has 0 fully saturated rings. The molecule has 1 atom stereocenters. The number of carbonyl (C=O) groups excluding carboxylic acids is 1. The van der Waals surface area contributed by atoms with Crippen molar-refractivity contribution in [2.75, 3.05) is 18.6 Å². The lowest BCUT2D eigenvalue weighted by Crippen LogP contribution is -2.24. The molecule has 4 nitrogen and oxygen atoms in total. The molecule has 1 aliphatic rings. The summed E-state index contributed by atoms with van der Waals surface area (Å²) in [5, 5.41) is 0. The van der Waals surface area contributed by atoms with Gasteiger partial charge in [0, 0.05) is 5.69 Å². The van der Waals surface area contributed by atoms with Gasteiger partial charge in [-0.2, -0.15) is 0 Å². The van der Waals surface area contributed by atoms with E-state index in [0.29, 0.717) is 18.8 Å². The Labute approximate surface area is 165 Å². The lowest BCUT2D eigenvalue weighted by Gasteiger charge is -2.18. The Morgan fingerprint density at radius 2 is 1.68 bits per heavy atom. The van der Waals surface area contributed by atoms with E-state index in [9.17, 15) is 4.79 Å². The van der Waals surface area contributed by atoms with Gasteiger partial charge in [-0.3, -0.25) is 9.69 Å². The topological polar surface area (TPSA) is 38.8 Å². The highest BCUT2D eigenvalue weighted by atomic mass is 16.5. The normalized spacial score (nSPS) is 15.4. The minimum Gasteiger partial charge on any atom is -0.493 e. The number of carbonyl (C=O) groups is 1. The van der Waals surface area contributed by atoms with E-state index >= 15 is 0 Å². The van der Waals surface area contributed by atoms with Crippen LogP contribution in [0.4, 0.5) is 11.4 Å². The summed E-state index contributed by atoms with van der Waals surface area (Å²) in [6, 6.07) is 23.7. The van der Waals surface area contributed by atoms with Gasteiger partial charge in [-0.1, -0.05) is 42.5 Å². The van der Waals surface area contributed by atoms with Crippen LogP contribution in [0.1, 0.15) is 24.0 Å². The van der Waals surface area contributed by atoms with Crippen LogP contribution < -0.4 is 14.4 Å². The SMILES string of the molecule is CCOc1ccc(C[C@H]2C(=O)N(c3ccccc3)c3ccccc32)cc1OC. The van der Waals surface area contributed by atoms with Crippen molar-refractivity contribution in [3.05, 3.63) is 83.9 Å². The summed E-state index contributed by atoms with van der Waals surface area (Å²) >= 11 is 0. The van der Waals surface area contributed by atoms with Crippen molar-refractivity contribution >= 4 is 17.3 Å². The van der Waals surface area contributed by atoms with E-state index in [-0.39, 0.29) is 11.8 Å². The van der Waals surface area contributed by atoms with Crippen molar-refractivity contribution in [3.8, 4) is 11.5 Å². The number of anilines is 2. The molecule has 0 saturated heterocycles. The largest absolute Gasteiger partial charge is 0.493 e. The van der Waals surface area contributed by atoms with Gasteiger partial charge >= 0.3 is 0 Å². The second-order valence-electron chi connectivity index (χ2n) is 6.74. The van der Waals surface area contributed by atoms with Gasteiger partial charge in [0.05, 0.1) is 25.3 Å². The molecule has 1 aliphatic heterocycles. The third kappa shape index (κ3) is 3.22. The van der Waals surface area contributed by atoms with Gasteiger partial charge in [0.15, 0.2) is 11.5 Å². The molecule has 0 bridgehead atoms. The molecule has 0 spiro atoms. The zero-order valence-electron chi connectivity index (χ0n) is 16.1. The van der Waals surface area contributed by atoms with Crippen LogP contribution in [0.3, 0.4) is 0 Å². The monoisotopic (exact) mass is 373 g/mol. The standard InChI is InChI=1S/C24H23NO3/c1-3-28-22-14-13-17(16-23(22)27-2)15-20-19-11-7-8-12-21(19)25(24(20)26)18-9-5-4-6-10-18/h4-14,16,20H,3,15H2,1-2H3/t20-/m1/s1. The molecule has 28 heavy (non-hydrogen) atoms. The van der Waals surface area contributed by atoms with Crippen LogP contribution in [0.25, 0.3) is 0 Å². The quantitative estimate of drug-likeness (QED) is 0.603. The van der Waals surface area contributed by atoms with Crippen LogP contribution >= 0.6 is 0 Å². The Kier molecular flexibility index (Phi) is 5.02. The van der Waals surface area contributed by atoms with E-state index in [1.807, 2.05) is 84.6 Å². The zero-order chi connectivity index (χ0) is 19.5. The number of amides is 1. The fraction of sp³-hybridized carbons (Fsp3) is 0.208. The van der Waals surface area contributed by atoms with Gasteiger partial charge in [-0.05, 0) is 54.8 Å². The Hall–Kier alpha value is -3.27. The van der Waals surface area contributed by atoms with Crippen molar-refractivity contribution in [1.29, 1.82) is 0 Å². The van der Waals surface area contributed by atoms with Gasteiger partial charge < -0.3 is 9.47 Å². The Morgan fingerprint density at radius 3 is 2.43 bits per heavy atom. The van der Waals surface area contributed by atoms with Gasteiger partial charge in [0.1, 0.15) is 0 Å². The van der Waals surface area contributed by atoms with Crippen LogP contribution in [0.5, 0.6) is 11.5 Å². The Morgan fingerprint density at radius 1 is 0.929 bits per heavy atom. The van der Waals surface area contributed by atoms with E-state index in [2.05, 4.69) is 0 Å². The van der Waals surface area contributed by atoms with Gasteiger partial charge in [0.25, 0.3) is 0 Å². The molecular formula is C24H23NO3. The molecule has 142 valence electrons. The highest BCUT2D eigenvalue weighted by molar-refractivity contribution is 6.10. The van der Waals surface area contributed by atoms with Crippen molar-refractivity contribution in [2.45, 2.75) is 19.3 Å². The zero-order valence-corrected chi connectivity index (χ0v) is 16.1. The molecule has 1 heterocycles. The summed E-state index contributed by atoms with van der Waals surface area (Å²) in [7, 11) is 1.63. The number of hydrogen-bond donors (Lipinski definition) is 0. The van der Waals surface area contributed by atoms with Crippen LogP contribution in [-0.4, -0.2) is 19.6 Å². The summed E-state index contributed by atoms with van der Waals surface area (Å²) in [5.74, 6) is 1.29. The summed E-state index contributed by atoms with van der Waals surface area (Å²) in [6.07, 6.45) is 0.613. The lowest BCUT2D eigenvalue weighted by atomic mass is 9.93. The van der Waals surface area contributed by atoms with Gasteiger partial charge in [-0.25, -0.2) is 0 Å². The second-order valence-corrected chi connectivity index (χ2v) is 6.74. The smallest absolute Gasteiger partial charge is 0.239 e. The van der Waals surface area contributed by atoms with E-state index in [0.717, 1.165) is 28.3 Å². The maximum atomic E-state index is 13.4. The van der Waals surface area contributed by atoms with Crippen molar-refractivity contribution in [2.24, 2.45) is 0 Å². The third-order valence-electron chi connectivity index (χ3n) is 5.05. The first-order valence-corrected chi connectivity index (χ1v) is 9.50. The maximum absolute atomic E-state index is 13.4. The van der Waals surface area contributed by atoms with Gasteiger partial charge in [0.2, 0.25) is 5.91 Å². The van der Waals surface area contributed by atoms with E-state index in [4.69, 9.17) is 9.47 Å². The van der Waals surface area contributed by atoms with Crippen LogP contribution in [-0.2, 0) is 11.2 Å². The summed E-state index contributed by atoms with van der Waals surface area (Å²) in [6.45, 7) is 2.52. The van der Waals surface area contributed by atoms with Crippen LogP contribution in [0.2, 0.25) is 0 Å². The fourth-order valence-corrected chi connectivity index (χ4v) is 3.78. The highest BCUT2D eigenvalue weighted by Crippen LogP contribution is 2.43. The first-order valence-electron chi connectivity index (χ1n) is 9.50. The number of nitrogens with zero attached hydrogens (tertiary/aromatic N) is 1. The molecule has 3 aromatic rings. The molecule has 0 saturated carbocycles. The minimum atomic E-state index is -0.223. The molecule has 3 aromatic carbocycles. The van der Waals surface area contributed by atoms with Crippen LogP contribution in [0.15, 0.2) is 72.8 Å². The molecule has 0 unspecified atom stereocenters. The average molecular weight is 373 g/mol. The van der Waals surface area contributed by atoms with E-state index in [1.54, 1.807) is 7.11 Å². The van der Waals surface area contributed by atoms with Crippen molar-refractivity contribution in [3.63, 3.8) is 0 Å². The molecule has 4 heteroatoms. The third-order valence-corrected chi connectivity index (χ3v) is 5.05. The number of ether oxygens (including phenoxy) is 2. The highest BCUT2D eigenvalue weighted by Gasteiger charge is 2.37. The molecule has 4 rings (SSSR count). The molecule has 0 radical (unpaired) electrons. The molecule has 1 amide bonds. The number of hydrogen-bond acceptors (Lipinski definition) is 3. The van der Waals surface area contributed by atoms with Crippen molar-refractivity contribution in [1.82, 2.24) is 0 Å². The second kappa shape index (κ2) is 7.77. The number of para-hydroxylation sites is 2. The lowest BCUT2D eigenvalue weighted by molar-refractivity contribution is -0.118. The first kappa shape index (κ1) is 18.1. The van der Waals surface area contributed by atoms with Crippen LogP contribution in [0, 0.1) is 0 Å². The first-order chi connectivity index (χ1) is 13.7. The number of benzene rings is 3. The molecular weight excluding hydrogens is 350 g/mol. The Bertz CT molecular complexity index is 984. The maximum Gasteiger partial charge on any atom is 0.239 e. The number of rotatable bonds is 6. The van der Waals surface area contributed by atoms with Crippen molar-refractivity contribution < 1.29 is 14.3 Å². The number of fused-ring (bicyclic) bond motifs is 1. The molecule has 0 N–H and O–H groups in total. The Balaban J connectivity index is 1.68. The minimum absolute atomic E-state index is 0.0975. The predicted molar refractivity (Wildman–Crippen MR) is 111 cm³/mol. The summed E-state index contributed by atoms with van der Waals surface area (Å²) in [5.41, 5.74) is 3.96. The molecule has 0 aliphatic carbocycles. The van der Waals surface area contributed by atoms with Gasteiger partial charge in [-0.15, -0.1) is 0 Å². The number of methoxy groups -OCH3 is 1. The van der Waals surface area contributed by atoms with E-state index in [1.165, 1.54) is 0 Å². The summed E-state index contributed by atoms with van der Waals surface area (Å²) in [4.78, 5) is 15.2. The average Bonchev–Trinajstić information content (AvgIpc) is 3.01.